The number of imide groups is 1. The van der Waals surface area contributed by atoms with Crippen LogP contribution in [0.4, 0.5) is 4.79 Å². The Morgan fingerprint density at radius 2 is 1.90 bits per heavy atom. The summed E-state index contributed by atoms with van der Waals surface area (Å²) in [5.74, 6) is -0.493. The zero-order valence-electron chi connectivity index (χ0n) is 16.6. The third-order valence-electron chi connectivity index (χ3n) is 5.87. The lowest BCUT2D eigenvalue weighted by Gasteiger charge is -2.42. The second-order valence-corrected chi connectivity index (χ2v) is 7.59. The van der Waals surface area contributed by atoms with Gasteiger partial charge in [0.05, 0.1) is 0 Å². The van der Waals surface area contributed by atoms with E-state index in [1.165, 1.54) is 17.6 Å². The fourth-order valence-electron chi connectivity index (χ4n) is 4.24. The molecule has 1 aromatic heterocycles. The molecule has 158 valence electrons. The zero-order valence-corrected chi connectivity index (χ0v) is 16.6. The van der Waals surface area contributed by atoms with Crippen LogP contribution in [-0.4, -0.2) is 74.4 Å². The predicted molar refractivity (Wildman–Crippen MR) is 105 cm³/mol. The van der Waals surface area contributed by atoms with E-state index in [9.17, 15) is 14.4 Å². The van der Waals surface area contributed by atoms with Crippen LogP contribution < -0.4 is 0 Å². The second kappa shape index (κ2) is 8.27. The molecule has 4 amide bonds. The topological polar surface area (TPSA) is 107 Å². The van der Waals surface area contributed by atoms with Crippen molar-refractivity contribution in [2.45, 2.75) is 31.3 Å². The van der Waals surface area contributed by atoms with E-state index in [0.29, 0.717) is 38.9 Å². The van der Waals surface area contributed by atoms with Gasteiger partial charge in [-0.05, 0) is 24.8 Å². The maximum Gasteiger partial charge on any atom is 0.327 e. The van der Waals surface area contributed by atoms with E-state index in [2.05, 4.69) is 4.98 Å². The lowest BCUT2D eigenvalue weighted by molar-refractivity contribution is -0.135. The number of oxazole rings is 1. The molecule has 2 aliphatic heterocycles. The minimum Gasteiger partial charge on any atom is -0.451 e. The molecule has 0 radical (unpaired) electrons. The molecule has 2 aromatic rings. The fraction of sp³-hybridized carbons (Fsp3) is 0.429. The average molecular weight is 412 g/mol. The number of hydrogen-bond donors (Lipinski definition) is 1. The van der Waals surface area contributed by atoms with E-state index >= 15 is 0 Å². The van der Waals surface area contributed by atoms with Gasteiger partial charge in [0, 0.05) is 32.8 Å². The Balaban J connectivity index is 1.57. The van der Waals surface area contributed by atoms with Crippen LogP contribution in [-0.2, 0) is 11.3 Å². The zero-order chi connectivity index (χ0) is 21.1. The third kappa shape index (κ3) is 3.45. The molecule has 0 saturated carbocycles. The highest BCUT2D eigenvalue weighted by atomic mass is 16.3. The van der Waals surface area contributed by atoms with Gasteiger partial charge >= 0.3 is 6.03 Å². The molecule has 2 saturated heterocycles. The maximum atomic E-state index is 13.4. The number of aromatic nitrogens is 1. The fourth-order valence-corrected chi connectivity index (χ4v) is 4.24. The van der Waals surface area contributed by atoms with E-state index in [0.717, 1.165) is 5.56 Å². The number of hydrogen-bond acceptors (Lipinski definition) is 6. The number of rotatable bonds is 6. The normalized spacial score (nSPS) is 18.5. The Morgan fingerprint density at radius 3 is 2.53 bits per heavy atom. The first-order valence-electron chi connectivity index (χ1n) is 10.0. The largest absolute Gasteiger partial charge is 0.451 e. The first-order chi connectivity index (χ1) is 14.6. The summed E-state index contributed by atoms with van der Waals surface area (Å²) in [6, 6.07) is 9.20. The highest BCUT2D eigenvalue weighted by molar-refractivity contribution is 6.07. The second-order valence-electron chi connectivity index (χ2n) is 7.59. The average Bonchev–Trinajstić information content (AvgIpc) is 3.37. The summed E-state index contributed by atoms with van der Waals surface area (Å²) in [4.78, 5) is 47.5. The number of urea groups is 1. The molecule has 9 heteroatoms. The summed E-state index contributed by atoms with van der Waals surface area (Å²) in [7, 11) is 0. The number of piperidine rings is 1. The van der Waals surface area contributed by atoms with Crippen molar-refractivity contribution in [2.24, 2.45) is 0 Å². The van der Waals surface area contributed by atoms with Gasteiger partial charge in [0.1, 0.15) is 11.8 Å². The lowest BCUT2D eigenvalue weighted by Crippen LogP contribution is -2.57. The lowest BCUT2D eigenvalue weighted by atomic mass is 9.85. The van der Waals surface area contributed by atoms with Gasteiger partial charge in [-0.15, -0.1) is 0 Å². The Bertz CT molecular complexity index is 907. The number of benzene rings is 1. The number of nitrogens with zero attached hydrogens (tertiary/aromatic N) is 4. The van der Waals surface area contributed by atoms with Crippen LogP contribution in [0, 0.1) is 0 Å². The molecular weight excluding hydrogens is 388 g/mol. The molecule has 1 spiro atoms. The van der Waals surface area contributed by atoms with Gasteiger partial charge in [-0.2, -0.15) is 0 Å². The molecule has 1 N–H and O–H groups in total. The minimum atomic E-state index is -0.983. The number of carbonyl (C=O) groups is 3. The molecule has 0 bridgehead atoms. The molecule has 9 nitrogen and oxygen atoms in total. The van der Waals surface area contributed by atoms with E-state index in [1.807, 2.05) is 30.3 Å². The van der Waals surface area contributed by atoms with Crippen molar-refractivity contribution < 1.29 is 23.9 Å². The highest BCUT2D eigenvalue weighted by Gasteiger charge is 2.58. The predicted octanol–water partition coefficient (Wildman–Crippen LogP) is 1.50. The summed E-state index contributed by atoms with van der Waals surface area (Å²) < 4.78 is 4.89. The Hall–Kier alpha value is -3.20. The number of aliphatic hydroxyl groups is 1. The highest BCUT2D eigenvalue weighted by Crippen LogP contribution is 2.38. The van der Waals surface area contributed by atoms with Gasteiger partial charge in [-0.1, -0.05) is 30.3 Å². The number of amides is 4. The van der Waals surface area contributed by atoms with Crippen LogP contribution in [0.5, 0.6) is 0 Å². The minimum absolute atomic E-state index is 0.0945. The molecule has 30 heavy (non-hydrogen) atoms. The molecule has 1 aromatic carbocycles. The Labute approximate surface area is 173 Å². The molecule has 2 aliphatic rings. The van der Waals surface area contributed by atoms with Gasteiger partial charge in [-0.25, -0.2) is 9.78 Å². The smallest absolute Gasteiger partial charge is 0.327 e. The van der Waals surface area contributed by atoms with Crippen LogP contribution in [0.25, 0.3) is 0 Å². The van der Waals surface area contributed by atoms with E-state index in [4.69, 9.17) is 9.52 Å². The van der Waals surface area contributed by atoms with E-state index in [-0.39, 0.29) is 36.7 Å². The first-order valence-corrected chi connectivity index (χ1v) is 10.0. The maximum absolute atomic E-state index is 13.4. The van der Waals surface area contributed by atoms with Crippen LogP contribution >= 0.6 is 0 Å². The Morgan fingerprint density at radius 1 is 1.17 bits per heavy atom. The van der Waals surface area contributed by atoms with Gasteiger partial charge < -0.3 is 19.3 Å². The van der Waals surface area contributed by atoms with Crippen LogP contribution in [0.3, 0.4) is 0 Å². The summed E-state index contributed by atoms with van der Waals surface area (Å²) in [5.41, 5.74) is 0.178. The summed E-state index contributed by atoms with van der Waals surface area (Å²) >= 11 is 0. The van der Waals surface area contributed by atoms with Gasteiger partial charge in [0.2, 0.25) is 0 Å². The van der Waals surface area contributed by atoms with Crippen LogP contribution in [0.1, 0.15) is 35.3 Å². The van der Waals surface area contributed by atoms with Crippen molar-refractivity contribution in [3.8, 4) is 0 Å². The third-order valence-corrected chi connectivity index (χ3v) is 5.87. The van der Waals surface area contributed by atoms with Crippen LogP contribution in [0.15, 0.2) is 47.4 Å². The number of likely N-dealkylation sites (tertiary alicyclic amines) is 1. The van der Waals surface area contributed by atoms with Gasteiger partial charge in [-0.3, -0.25) is 14.5 Å². The quantitative estimate of drug-likeness (QED) is 0.721. The number of aliphatic hydroxyl groups excluding tert-OH is 1. The van der Waals surface area contributed by atoms with Gasteiger partial charge in [0.15, 0.2) is 12.1 Å². The standard InChI is InChI=1S/C21H24N4O5/c26-12-4-9-24-19(28)21(25(20(24)29)13-16-5-2-1-3-6-16)7-10-23(11-8-21)18(27)17-14-30-15-22-17/h1-3,5-6,14-15,26H,4,7-13H2. The van der Waals surface area contributed by atoms with Crippen molar-refractivity contribution in [1.29, 1.82) is 0 Å². The van der Waals surface area contributed by atoms with Crippen molar-refractivity contribution in [3.63, 3.8) is 0 Å². The summed E-state index contributed by atoms with van der Waals surface area (Å²) in [6.07, 6.45) is 3.55. The summed E-state index contributed by atoms with van der Waals surface area (Å²) in [5, 5.41) is 9.17. The molecule has 0 atom stereocenters. The van der Waals surface area contributed by atoms with Crippen molar-refractivity contribution in [2.75, 3.05) is 26.2 Å². The first kappa shape index (κ1) is 20.1. The monoisotopic (exact) mass is 412 g/mol. The van der Waals surface area contributed by atoms with Gasteiger partial charge in [0.25, 0.3) is 11.8 Å². The van der Waals surface area contributed by atoms with Crippen molar-refractivity contribution in [1.82, 2.24) is 19.7 Å². The SMILES string of the molecule is O=C(c1cocn1)N1CCC2(CC1)C(=O)N(CCCO)C(=O)N2Cc1ccccc1. The van der Waals surface area contributed by atoms with Crippen molar-refractivity contribution >= 4 is 17.8 Å². The number of carbonyl (C=O) groups excluding carboxylic acids is 3. The molecular formula is C21H24N4O5. The molecule has 3 heterocycles. The van der Waals surface area contributed by atoms with E-state index in [1.54, 1.807) is 9.80 Å². The van der Waals surface area contributed by atoms with Crippen molar-refractivity contribution in [3.05, 3.63) is 54.2 Å². The molecule has 0 unspecified atom stereocenters. The van der Waals surface area contributed by atoms with E-state index < -0.39 is 5.54 Å². The summed E-state index contributed by atoms with van der Waals surface area (Å²) in [6.45, 7) is 1.08. The molecule has 2 fully saturated rings. The molecule has 4 rings (SSSR count). The Kier molecular flexibility index (Phi) is 5.54. The molecule has 0 aliphatic carbocycles. The van der Waals surface area contributed by atoms with Crippen LogP contribution in [0.2, 0.25) is 0 Å².